The van der Waals surface area contributed by atoms with Gasteiger partial charge in [-0.3, -0.25) is 0 Å². The molecule has 0 radical (unpaired) electrons. The van der Waals surface area contributed by atoms with E-state index in [0.717, 1.165) is 27.9 Å². The first kappa shape index (κ1) is 16.1. The van der Waals surface area contributed by atoms with Gasteiger partial charge in [0.15, 0.2) is 0 Å². The molecule has 0 saturated carbocycles. The number of benzene rings is 3. The summed E-state index contributed by atoms with van der Waals surface area (Å²) in [7, 11) is 0. The molecule has 4 rings (SSSR count). The van der Waals surface area contributed by atoms with Crippen LogP contribution in [0.5, 0.6) is 0 Å². The number of rotatable bonds is 3. The zero-order valence-electron chi connectivity index (χ0n) is 14.3. The molecule has 25 heavy (non-hydrogen) atoms. The molecule has 0 aliphatic heterocycles. The minimum Gasteiger partial charge on any atom is -0.319 e. The molecule has 2 nitrogen and oxygen atoms in total. The average Bonchev–Trinajstić information content (AvgIpc) is 2.97. The molecule has 1 heterocycles. The largest absolute Gasteiger partial charge is 0.319 e. The van der Waals surface area contributed by atoms with Crippen LogP contribution in [0.3, 0.4) is 0 Å². The first-order valence-electron chi connectivity index (χ1n) is 8.39. The summed E-state index contributed by atoms with van der Waals surface area (Å²) in [5.74, 6) is 1.00. The second-order valence-corrected chi connectivity index (χ2v) is 7.37. The van der Waals surface area contributed by atoms with Crippen molar-refractivity contribution < 1.29 is 0 Å². The van der Waals surface area contributed by atoms with Crippen molar-refractivity contribution in [3.05, 3.63) is 87.9 Å². The lowest BCUT2D eigenvalue weighted by atomic mass is 10.1. The first-order valence-corrected chi connectivity index (χ1v) is 9.18. The van der Waals surface area contributed by atoms with Gasteiger partial charge in [-0.1, -0.05) is 64.0 Å². The maximum atomic E-state index is 4.91. The summed E-state index contributed by atoms with van der Waals surface area (Å²) in [5.41, 5.74) is 7.24. The van der Waals surface area contributed by atoms with Crippen LogP contribution in [0.15, 0.2) is 71.2 Å². The van der Waals surface area contributed by atoms with Crippen LogP contribution < -0.4 is 0 Å². The van der Waals surface area contributed by atoms with Crippen molar-refractivity contribution in [1.82, 2.24) is 9.55 Å². The lowest BCUT2D eigenvalue weighted by molar-refractivity contribution is 0.827. The predicted molar refractivity (Wildman–Crippen MR) is 108 cm³/mol. The highest BCUT2D eigenvalue weighted by atomic mass is 79.9. The number of para-hydroxylation sites is 2. The smallest absolute Gasteiger partial charge is 0.141 e. The van der Waals surface area contributed by atoms with Crippen LogP contribution in [0.2, 0.25) is 0 Å². The third-order valence-corrected chi connectivity index (χ3v) is 5.06. The Labute approximate surface area is 156 Å². The number of hydrogen-bond donors (Lipinski definition) is 0. The molecule has 0 spiro atoms. The highest BCUT2D eigenvalue weighted by Crippen LogP contribution is 2.28. The minimum absolute atomic E-state index is 0.815. The Morgan fingerprint density at radius 1 is 0.920 bits per heavy atom. The van der Waals surface area contributed by atoms with Crippen LogP contribution in [0, 0.1) is 13.8 Å². The summed E-state index contributed by atoms with van der Waals surface area (Å²) in [4.78, 5) is 4.91. The van der Waals surface area contributed by atoms with E-state index in [2.05, 4.69) is 88.9 Å². The van der Waals surface area contributed by atoms with Gasteiger partial charge in [-0.05, 0) is 49.2 Å². The molecule has 0 amide bonds. The third kappa shape index (κ3) is 3.12. The van der Waals surface area contributed by atoms with Crippen LogP contribution in [0.25, 0.3) is 22.4 Å². The molecule has 3 heteroatoms. The SMILES string of the molecule is Cc1ccc(C)c(Cn2c(-c3cccc(Br)c3)nc3ccccc32)c1. The zero-order chi connectivity index (χ0) is 17.4. The van der Waals surface area contributed by atoms with Crippen molar-refractivity contribution in [2.45, 2.75) is 20.4 Å². The molecule has 3 aromatic carbocycles. The van der Waals surface area contributed by atoms with E-state index in [0.29, 0.717) is 0 Å². The highest BCUT2D eigenvalue weighted by molar-refractivity contribution is 9.10. The normalized spacial score (nSPS) is 11.2. The van der Waals surface area contributed by atoms with Crippen LogP contribution >= 0.6 is 15.9 Å². The number of halogens is 1. The number of aromatic nitrogens is 2. The van der Waals surface area contributed by atoms with Crippen molar-refractivity contribution in [2.24, 2.45) is 0 Å². The third-order valence-electron chi connectivity index (χ3n) is 4.57. The fraction of sp³-hybridized carbons (Fsp3) is 0.136. The monoisotopic (exact) mass is 390 g/mol. The molecule has 0 atom stereocenters. The summed E-state index contributed by atoms with van der Waals surface area (Å²) in [6.45, 7) is 5.13. The second-order valence-electron chi connectivity index (χ2n) is 6.45. The van der Waals surface area contributed by atoms with E-state index in [-0.39, 0.29) is 0 Å². The Kier molecular flexibility index (Phi) is 4.18. The van der Waals surface area contributed by atoms with E-state index in [4.69, 9.17) is 4.98 Å². The van der Waals surface area contributed by atoms with Gasteiger partial charge in [0, 0.05) is 16.6 Å². The maximum absolute atomic E-state index is 4.91. The van der Waals surface area contributed by atoms with E-state index < -0.39 is 0 Å². The molecular formula is C22H19BrN2. The number of imidazole rings is 1. The summed E-state index contributed by atoms with van der Waals surface area (Å²) in [6.07, 6.45) is 0. The van der Waals surface area contributed by atoms with Gasteiger partial charge in [0.1, 0.15) is 5.82 Å². The quantitative estimate of drug-likeness (QED) is 0.411. The summed E-state index contributed by atoms with van der Waals surface area (Å²) in [6, 6.07) is 23.3. The Hall–Kier alpha value is -2.39. The zero-order valence-corrected chi connectivity index (χ0v) is 15.9. The Morgan fingerprint density at radius 3 is 2.60 bits per heavy atom. The average molecular weight is 391 g/mol. The van der Waals surface area contributed by atoms with Crippen molar-refractivity contribution in [2.75, 3.05) is 0 Å². The van der Waals surface area contributed by atoms with Gasteiger partial charge in [-0.2, -0.15) is 0 Å². The van der Waals surface area contributed by atoms with Gasteiger partial charge in [0.25, 0.3) is 0 Å². The lowest BCUT2D eigenvalue weighted by Crippen LogP contribution is -2.04. The van der Waals surface area contributed by atoms with E-state index in [9.17, 15) is 0 Å². The van der Waals surface area contributed by atoms with Gasteiger partial charge in [0.05, 0.1) is 11.0 Å². The van der Waals surface area contributed by atoms with Gasteiger partial charge in [-0.15, -0.1) is 0 Å². The molecule has 1 aromatic heterocycles. The molecule has 0 aliphatic carbocycles. The number of nitrogens with zero attached hydrogens (tertiary/aromatic N) is 2. The van der Waals surface area contributed by atoms with Gasteiger partial charge in [-0.25, -0.2) is 4.98 Å². The van der Waals surface area contributed by atoms with Crippen LogP contribution in [0.4, 0.5) is 0 Å². The Bertz CT molecular complexity index is 1060. The predicted octanol–water partition coefficient (Wildman–Crippen LogP) is 6.13. The second kappa shape index (κ2) is 6.49. The number of fused-ring (bicyclic) bond motifs is 1. The number of hydrogen-bond acceptors (Lipinski definition) is 1. The van der Waals surface area contributed by atoms with Crippen molar-refractivity contribution in [3.8, 4) is 11.4 Å². The van der Waals surface area contributed by atoms with Crippen LogP contribution in [-0.4, -0.2) is 9.55 Å². The van der Waals surface area contributed by atoms with E-state index in [1.807, 2.05) is 12.1 Å². The van der Waals surface area contributed by atoms with Gasteiger partial charge < -0.3 is 4.57 Å². The topological polar surface area (TPSA) is 17.8 Å². The van der Waals surface area contributed by atoms with E-state index in [1.165, 1.54) is 22.2 Å². The van der Waals surface area contributed by atoms with E-state index >= 15 is 0 Å². The first-order chi connectivity index (χ1) is 12.1. The van der Waals surface area contributed by atoms with Crippen molar-refractivity contribution in [1.29, 1.82) is 0 Å². The van der Waals surface area contributed by atoms with Gasteiger partial charge >= 0.3 is 0 Å². The van der Waals surface area contributed by atoms with Gasteiger partial charge in [0.2, 0.25) is 0 Å². The standard InChI is InChI=1S/C22H19BrN2/c1-15-10-11-16(2)18(12-15)14-25-21-9-4-3-8-20(21)24-22(25)17-6-5-7-19(23)13-17/h3-13H,14H2,1-2H3. The molecule has 0 aliphatic rings. The highest BCUT2D eigenvalue weighted by Gasteiger charge is 2.14. The molecule has 0 fully saturated rings. The summed E-state index contributed by atoms with van der Waals surface area (Å²) in [5, 5.41) is 0. The maximum Gasteiger partial charge on any atom is 0.141 e. The molecule has 124 valence electrons. The fourth-order valence-electron chi connectivity index (χ4n) is 3.22. The molecule has 0 N–H and O–H groups in total. The fourth-order valence-corrected chi connectivity index (χ4v) is 3.62. The summed E-state index contributed by atoms with van der Waals surface area (Å²) >= 11 is 3.58. The molecular weight excluding hydrogens is 372 g/mol. The summed E-state index contributed by atoms with van der Waals surface area (Å²) < 4.78 is 3.38. The molecule has 0 unspecified atom stereocenters. The van der Waals surface area contributed by atoms with E-state index in [1.54, 1.807) is 0 Å². The lowest BCUT2D eigenvalue weighted by Gasteiger charge is -2.13. The molecule has 4 aromatic rings. The number of aryl methyl sites for hydroxylation is 2. The Morgan fingerprint density at radius 2 is 1.76 bits per heavy atom. The van der Waals surface area contributed by atoms with Crippen LogP contribution in [-0.2, 0) is 6.54 Å². The minimum atomic E-state index is 0.815. The van der Waals surface area contributed by atoms with Crippen LogP contribution in [0.1, 0.15) is 16.7 Å². The van der Waals surface area contributed by atoms with Crippen molar-refractivity contribution >= 4 is 27.0 Å². The molecule has 0 bridgehead atoms. The Balaban J connectivity index is 1.92. The molecule has 0 saturated heterocycles. The van der Waals surface area contributed by atoms with Crippen molar-refractivity contribution in [3.63, 3.8) is 0 Å².